The van der Waals surface area contributed by atoms with E-state index in [1.165, 1.54) is 6.42 Å². The number of allylic oxidation sites excluding steroid dienone is 2. The lowest BCUT2D eigenvalue weighted by Gasteiger charge is -2.37. The number of piperazine rings is 1. The maximum Gasteiger partial charge on any atom is 0.226 e. The fraction of sp³-hybridized carbons (Fsp3) is 0.632. The van der Waals surface area contributed by atoms with Crippen LogP contribution in [0.15, 0.2) is 18.2 Å². The Kier molecular flexibility index (Phi) is 4.02. The molecule has 1 amide bonds. The Morgan fingerprint density at radius 3 is 2.58 bits per heavy atom. The van der Waals surface area contributed by atoms with Crippen LogP contribution in [0.4, 0.5) is 5.82 Å². The molecule has 1 saturated heterocycles. The van der Waals surface area contributed by atoms with Crippen LogP contribution in [-0.4, -0.2) is 47.0 Å². The summed E-state index contributed by atoms with van der Waals surface area (Å²) in [6, 6.07) is 2.05. The summed E-state index contributed by atoms with van der Waals surface area (Å²) in [7, 11) is 0. The lowest BCUT2D eigenvalue weighted by atomic mass is 9.92. The van der Waals surface area contributed by atoms with Crippen LogP contribution in [0.25, 0.3) is 0 Å². The molecule has 2 fully saturated rings. The first kappa shape index (κ1) is 15.6. The second kappa shape index (κ2) is 6.19. The zero-order chi connectivity index (χ0) is 16.7. The molecule has 2 bridgehead atoms. The quantitative estimate of drug-likeness (QED) is 0.799. The van der Waals surface area contributed by atoms with E-state index in [0.29, 0.717) is 17.7 Å². The number of fused-ring (bicyclic) bond motifs is 2. The average Bonchev–Trinajstić information content (AvgIpc) is 3.24. The predicted octanol–water partition coefficient (Wildman–Crippen LogP) is 2.21. The summed E-state index contributed by atoms with van der Waals surface area (Å²) < 4.78 is 0. The lowest BCUT2D eigenvalue weighted by Crippen LogP contribution is -2.51. The van der Waals surface area contributed by atoms with Crippen LogP contribution in [0.2, 0.25) is 0 Å². The minimum atomic E-state index is 0.236. The van der Waals surface area contributed by atoms with Crippen molar-refractivity contribution in [2.75, 3.05) is 31.1 Å². The van der Waals surface area contributed by atoms with Gasteiger partial charge in [0.05, 0.1) is 0 Å². The van der Waals surface area contributed by atoms with Crippen molar-refractivity contribution in [3.05, 3.63) is 29.7 Å². The Morgan fingerprint density at radius 1 is 1.17 bits per heavy atom. The molecule has 1 aliphatic heterocycles. The first-order chi connectivity index (χ1) is 11.6. The van der Waals surface area contributed by atoms with Crippen LogP contribution in [0.1, 0.15) is 31.3 Å². The van der Waals surface area contributed by atoms with Crippen molar-refractivity contribution in [3.63, 3.8) is 0 Å². The summed E-state index contributed by atoms with van der Waals surface area (Å²) in [5.74, 6) is 3.67. The maximum absolute atomic E-state index is 12.8. The highest BCUT2D eigenvalue weighted by molar-refractivity contribution is 5.80. The van der Waals surface area contributed by atoms with Crippen LogP contribution in [0, 0.1) is 24.7 Å². The number of carbonyl (C=O) groups is 1. The normalized spacial score (nSPS) is 28.7. The molecule has 1 aromatic rings. The molecule has 2 aliphatic carbocycles. The van der Waals surface area contributed by atoms with Gasteiger partial charge in [0.25, 0.3) is 0 Å². The van der Waals surface area contributed by atoms with Crippen molar-refractivity contribution in [1.82, 2.24) is 14.9 Å². The van der Waals surface area contributed by atoms with Gasteiger partial charge in [0, 0.05) is 50.3 Å². The summed E-state index contributed by atoms with van der Waals surface area (Å²) in [4.78, 5) is 26.3. The van der Waals surface area contributed by atoms with Gasteiger partial charge in [-0.3, -0.25) is 4.79 Å². The molecule has 1 saturated carbocycles. The van der Waals surface area contributed by atoms with Crippen LogP contribution >= 0.6 is 0 Å². The molecule has 0 radical (unpaired) electrons. The molecule has 128 valence electrons. The van der Waals surface area contributed by atoms with Crippen molar-refractivity contribution < 1.29 is 4.79 Å². The highest BCUT2D eigenvalue weighted by atomic mass is 16.2. The molecule has 0 aromatic carbocycles. The van der Waals surface area contributed by atoms with Gasteiger partial charge >= 0.3 is 0 Å². The number of carbonyl (C=O) groups excluding carboxylic acids is 1. The van der Waals surface area contributed by atoms with Gasteiger partial charge in [0.15, 0.2) is 0 Å². The lowest BCUT2D eigenvalue weighted by molar-refractivity contribution is -0.136. The minimum Gasteiger partial charge on any atom is -0.353 e. The number of rotatable bonds is 3. The maximum atomic E-state index is 12.8. The monoisotopic (exact) mass is 326 g/mol. The molecule has 5 heteroatoms. The number of nitrogens with zero attached hydrogens (tertiary/aromatic N) is 4. The first-order valence-corrected chi connectivity index (χ1v) is 9.20. The van der Waals surface area contributed by atoms with Gasteiger partial charge in [-0.2, -0.15) is 0 Å². The van der Waals surface area contributed by atoms with E-state index in [0.717, 1.165) is 56.4 Å². The molecule has 3 aliphatic rings. The van der Waals surface area contributed by atoms with E-state index in [2.05, 4.69) is 44.9 Å². The van der Waals surface area contributed by atoms with Crippen LogP contribution in [-0.2, 0) is 11.2 Å². The third kappa shape index (κ3) is 2.80. The number of aryl methyl sites for hydroxylation is 2. The number of anilines is 1. The smallest absolute Gasteiger partial charge is 0.226 e. The Hall–Kier alpha value is -1.91. The number of aromatic nitrogens is 2. The minimum absolute atomic E-state index is 0.236. The van der Waals surface area contributed by atoms with Gasteiger partial charge in [0.2, 0.25) is 5.91 Å². The molecule has 0 N–H and O–H groups in total. The highest BCUT2D eigenvalue weighted by Crippen LogP contribution is 2.44. The first-order valence-electron chi connectivity index (χ1n) is 9.20. The Bertz CT molecular complexity index is 663. The van der Waals surface area contributed by atoms with Crippen molar-refractivity contribution in [1.29, 1.82) is 0 Å². The molecular weight excluding hydrogens is 300 g/mol. The van der Waals surface area contributed by atoms with Gasteiger partial charge in [-0.15, -0.1) is 0 Å². The van der Waals surface area contributed by atoms with Crippen LogP contribution in [0.5, 0.6) is 0 Å². The second-order valence-electron chi connectivity index (χ2n) is 7.34. The van der Waals surface area contributed by atoms with Crippen molar-refractivity contribution in [2.24, 2.45) is 17.8 Å². The number of hydrogen-bond donors (Lipinski definition) is 0. The molecule has 4 rings (SSSR count). The highest BCUT2D eigenvalue weighted by Gasteiger charge is 2.41. The van der Waals surface area contributed by atoms with Crippen molar-refractivity contribution in [3.8, 4) is 0 Å². The Balaban J connectivity index is 1.39. The van der Waals surface area contributed by atoms with E-state index in [9.17, 15) is 4.79 Å². The summed E-state index contributed by atoms with van der Waals surface area (Å²) >= 11 is 0. The zero-order valence-electron chi connectivity index (χ0n) is 14.6. The van der Waals surface area contributed by atoms with Gasteiger partial charge in [-0.1, -0.05) is 19.1 Å². The third-order valence-corrected chi connectivity index (χ3v) is 5.71. The second-order valence-corrected chi connectivity index (χ2v) is 7.34. The number of amides is 1. The topological polar surface area (TPSA) is 49.3 Å². The summed E-state index contributed by atoms with van der Waals surface area (Å²) in [5.41, 5.74) is 1.02. The van der Waals surface area contributed by atoms with Gasteiger partial charge < -0.3 is 9.80 Å². The molecule has 2 heterocycles. The van der Waals surface area contributed by atoms with E-state index < -0.39 is 0 Å². The van der Waals surface area contributed by atoms with E-state index in [1.54, 1.807) is 0 Å². The van der Waals surface area contributed by atoms with Crippen molar-refractivity contribution >= 4 is 11.7 Å². The summed E-state index contributed by atoms with van der Waals surface area (Å²) in [6.45, 7) is 7.44. The largest absolute Gasteiger partial charge is 0.353 e. The Morgan fingerprint density at radius 2 is 1.96 bits per heavy atom. The zero-order valence-corrected chi connectivity index (χ0v) is 14.6. The molecule has 0 spiro atoms. The average molecular weight is 326 g/mol. The molecule has 1 aromatic heterocycles. The van der Waals surface area contributed by atoms with Crippen LogP contribution in [0.3, 0.4) is 0 Å². The molecule has 24 heavy (non-hydrogen) atoms. The van der Waals surface area contributed by atoms with Gasteiger partial charge in [-0.25, -0.2) is 9.97 Å². The molecule has 0 unspecified atom stereocenters. The molecular formula is C19H26N4O. The summed E-state index contributed by atoms with van der Waals surface area (Å²) in [6.07, 6.45) is 7.67. The van der Waals surface area contributed by atoms with Crippen LogP contribution < -0.4 is 4.90 Å². The van der Waals surface area contributed by atoms with E-state index in [1.807, 2.05) is 6.92 Å². The Labute approximate surface area is 143 Å². The van der Waals surface area contributed by atoms with Crippen molar-refractivity contribution in [2.45, 2.75) is 33.1 Å². The number of hydrogen-bond acceptors (Lipinski definition) is 4. The van der Waals surface area contributed by atoms with E-state index in [-0.39, 0.29) is 5.92 Å². The fourth-order valence-corrected chi connectivity index (χ4v) is 4.39. The molecule has 5 nitrogen and oxygen atoms in total. The third-order valence-electron chi connectivity index (χ3n) is 5.71. The predicted molar refractivity (Wildman–Crippen MR) is 93.8 cm³/mol. The standard InChI is InChI=1S/C19H26N4O/c1-3-17-20-13(2)10-18(21-17)22-6-8-23(9-7-22)19(24)16-12-14-4-5-15(16)11-14/h4-5,10,14-16H,3,6-9,11-12H2,1-2H3/t14-,15+,16+/m0/s1. The van der Waals surface area contributed by atoms with E-state index >= 15 is 0 Å². The SMILES string of the molecule is CCc1nc(C)cc(N2CCN(C(=O)[C@@H]3C[C@H]4C=C[C@@H]3C4)CC2)n1. The fourth-order valence-electron chi connectivity index (χ4n) is 4.39. The van der Waals surface area contributed by atoms with Gasteiger partial charge in [-0.05, 0) is 31.6 Å². The van der Waals surface area contributed by atoms with E-state index in [4.69, 9.17) is 0 Å². The molecule has 3 atom stereocenters. The summed E-state index contributed by atoms with van der Waals surface area (Å²) in [5, 5.41) is 0. The van der Waals surface area contributed by atoms with Gasteiger partial charge in [0.1, 0.15) is 11.6 Å².